The molecular formula is C38H65NO6. The number of rotatable bonds is 17. The molecule has 0 aliphatic heterocycles. The molecule has 1 aliphatic carbocycles. The van der Waals surface area contributed by atoms with Gasteiger partial charge in [-0.25, -0.2) is 4.79 Å². The van der Waals surface area contributed by atoms with Gasteiger partial charge in [0.15, 0.2) is 6.61 Å². The van der Waals surface area contributed by atoms with Crippen LogP contribution in [0.15, 0.2) is 24.3 Å². The van der Waals surface area contributed by atoms with Crippen LogP contribution in [0.2, 0.25) is 0 Å². The third kappa shape index (κ3) is 13.3. The molecule has 7 nitrogen and oxygen atoms in total. The highest BCUT2D eigenvalue weighted by atomic mass is 16.7. The predicted molar refractivity (Wildman–Crippen MR) is 182 cm³/mol. The van der Waals surface area contributed by atoms with E-state index < -0.39 is 24.3 Å². The van der Waals surface area contributed by atoms with Crippen molar-refractivity contribution in [2.45, 2.75) is 151 Å². The van der Waals surface area contributed by atoms with Crippen molar-refractivity contribution in [3.63, 3.8) is 0 Å². The van der Waals surface area contributed by atoms with E-state index in [1.165, 1.54) is 12.0 Å². The van der Waals surface area contributed by atoms with Crippen LogP contribution < -0.4 is 5.32 Å². The molecule has 4 unspecified atom stereocenters. The zero-order chi connectivity index (χ0) is 34.0. The monoisotopic (exact) mass is 631 g/mol. The van der Waals surface area contributed by atoms with Crippen LogP contribution in [0.3, 0.4) is 0 Å². The number of phenolic OH excluding ortho intramolecular Hbond substituents is 1. The van der Waals surface area contributed by atoms with Gasteiger partial charge in [0.05, 0.1) is 11.5 Å². The zero-order valence-corrected chi connectivity index (χ0v) is 30.3. The second kappa shape index (κ2) is 17.2. The number of carbonyl (C=O) groups excluding carboxylic acids is 2. The van der Waals surface area contributed by atoms with E-state index in [2.05, 4.69) is 60.7 Å². The first-order chi connectivity index (χ1) is 20.8. The van der Waals surface area contributed by atoms with Crippen LogP contribution in [0, 0.1) is 28.6 Å². The Morgan fingerprint density at radius 2 is 1.51 bits per heavy atom. The topological polar surface area (TPSA) is 94.1 Å². The maximum atomic E-state index is 13.5. The number of benzene rings is 1. The Morgan fingerprint density at radius 3 is 2.04 bits per heavy atom. The quantitative estimate of drug-likeness (QED) is 0.131. The number of ether oxygens (including phenoxy) is 3. The van der Waals surface area contributed by atoms with E-state index >= 15 is 0 Å². The first-order valence-electron chi connectivity index (χ1n) is 17.4. The molecule has 1 aliphatic rings. The summed E-state index contributed by atoms with van der Waals surface area (Å²) in [5.74, 6) is 0.287. The van der Waals surface area contributed by atoms with Gasteiger partial charge in [-0.15, -0.1) is 0 Å². The van der Waals surface area contributed by atoms with Crippen molar-refractivity contribution in [1.29, 1.82) is 0 Å². The number of esters is 2. The Kier molecular flexibility index (Phi) is 14.9. The van der Waals surface area contributed by atoms with Crippen molar-refractivity contribution < 1.29 is 28.9 Å². The van der Waals surface area contributed by atoms with Gasteiger partial charge in [0.25, 0.3) is 0 Å². The molecule has 1 aromatic rings. The Balaban J connectivity index is 2.00. The van der Waals surface area contributed by atoms with Crippen LogP contribution >= 0.6 is 0 Å². The van der Waals surface area contributed by atoms with E-state index in [1.807, 2.05) is 32.9 Å². The minimum atomic E-state index is -0.761. The van der Waals surface area contributed by atoms with Gasteiger partial charge in [0.1, 0.15) is 5.75 Å². The van der Waals surface area contributed by atoms with Crippen LogP contribution in [0.25, 0.3) is 0 Å². The minimum Gasteiger partial charge on any atom is -0.508 e. The predicted octanol–water partition coefficient (Wildman–Crippen LogP) is 8.78. The summed E-state index contributed by atoms with van der Waals surface area (Å²) in [7, 11) is 0. The van der Waals surface area contributed by atoms with Crippen LogP contribution in [0.4, 0.5) is 0 Å². The van der Waals surface area contributed by atoms with Crippen molar-refractivity contribution in [3.8, 4) is 5.75 Å². The fourth-order valence-corrected chi connectivity index (χ4v) is 6.44. The number of carbonyl (C=O) groups is 2. The van der Waals surface area contributed by atoms with E-state index in [-0.39, 0.29) is 46.5 Å². The molecule has 45 heavy (non-hydrogen) atoms. The molecule has 4 atom stereocenters. The van der Waals surface area contributed by atoms with Crippen LogP contribution in [-0.4, -0.2) is 48.1 Å². The third-order valence-corrected chi connectivity index (χ3v) is 9.55. The number of hydrogen-bond acceptors (Lipinski definition) is 7. The summed E-state index contributed by atoms with van der Waals surface area (Å²) in [6, 6.07) is 7.54. The fraction of sp³-hybridized carbons (Fsp3) is 0.789. The lowest BCUT2D eigenvalue weighted by atomic mass is 9.72. The summed E-state index contributed by atoms with van der Waals surface area (Å²) in [5.41, 5.74) is 0.146. The SMILES string of the molecule is CC(C)CC(c1ccc(O)cc1)C(C)(C)NCC(C)CC(C)(C(=O)OCC(=O)OC(CC(C)(C)C)OC1CCCCC1)C(C)C. The molecule has 0 heterocycles. The van der Waals surface area contributed by atoms with Crippen molar-refractivity contribution >= 4 is 11.9 Å². The zero-order valence-electron chi connectivity index (χ0n) is 30.3. The van der Waals surface area contributed by atoms with E-state index in [0.29, 0.717) is 18.8 Å². The molecule has 7 heteroatoms. The van der Waals surface area contributed by atoms with Crippen molar-refractivity contribution in [1.82, 2.24) is 5.32 Å². The number of nitrogens with one attached hydrogen (secondary N) is 1. The molecule has 1 aromatic carbocycles. The smallest absolute Gasteiger partial charge is 0.346 e. The molecule has 2 rings (SSSR count). The van der Waals surface area contributed by atoms with Gasteiger partial charge in [0, 0.05) is 17.9 Å². The second-order valence-electron chi connectivity index (χ2n) is 16.4. The number of hydrogen-bond donors (Lipinski definition) is 2. The highest BCUT2D eigenvalue weighted by molar-refractivity contribution is 5.80. The molecule has 0 spiro atoms. The van der Waals surface area contributed by atoms with Crippen LogP contribution in [-0.2, 0) is 23.8 Å². The highest BCUT2D eigenvalue weighted by Gasteiger charge is 2.40. The molecule has 0 aromatic heterocycles. The average molecular weight is 632 g/mol. The van der Waals surface area contributed by atoms with Crippen molar-refractivity contribution in [2.24, 2.45) is 28.6 Å². The maximum Gasteiger partial charge on any atom is 0.346 e. The largest absolute Gasteiger partial charge is 0.508 e. The normalized spacial score (nSPS) is 18.3. The molecule has 1 saturated carbocycles. The molecule has 258 valence electrons. The van der Waals surface area contributed by atoms with Gasteiger partial charge >= 0.3 is 11.9 Å². The van der Waals surface area contributed by atoms with E-state index in [1.54, 1.807) is 12.1 Å². The van der Waals surface area contributed by atoms with Gasteiger partial charge < -0.3 is 24.6 Å². The van der Waals surface area contributed by atoms with E-state index in [0.717, 1.165) is 38.6 Å². The summed E-state index contributed by atoms with van der Waals surface area (Å²) in [4.78, 5) is 26.4. The van der Waals surface area contributed by atoms with Gasteiger partial charge in [-0.05, 0) is 93.9 Å². The molecule has 0 amide bonds. The molecule has 0 bridgehead atoms. The highest BCUT2D eigenvalue weighted by Crippen LogP contribution is 2.38. The standard InChI is InChI=1S/C38H65NO6/c1-26(2)21-32(29-17-19-30(40)20-18-29)37(9,10)39-24-28(5)22-38(11,27(3)4)35(42)43-25-33(41)45-34(23-36(6,7)8)44-31-15-13-12-14-16-31/h17-20,26-28,31-32,34,39-40H,12-16,21-25H2,1-11H3. The Labute approximate surface area is 274 Å². The van der Waals surface area contributed by atoms with Gasteiger partial charge in [0.2, 0.25) is 6.29 Å². The van der Waals surface area contributed by atoms with Crippen molar-refractivity contribution in [2.75, 3.05) is 13.2 Å². The lowest BCUT2D eigenvalue weighted by Crippen LogP contribution is -2.48. The lowest BCUT2D eigenvalue weighted by Gasteiger charge is -2.39. The molecule has 2 N–H and O–H groups in total. The first kappa shape index (κ1) is 39.1. The Bertz CT molecular complexity index is 1040. The lowest BCUT2D eigenvalue weighted by molar-refractivity contribution is -0.205. The maximum absolute atomic E-state index is 13.5. The summed E-state index contributed by atoms with van der Waals surface area (Å²) in [5, 5.41) is 13.6. The number of aromatic hydroxyl groups is 1. The third-order valence-electron chi connectivity index (χ3n) is 9.55. The summed E-state index contributed by atoms with van der Waals surface area (Å²) in [6.07, 6.45) is 7.12. The van der Waals surface area contributed by atoms with Gasteiger partial charge in [-0.2, -0.15) is 0 Å². The molecule has 0 saturated heterocycles. The van der Waals surface area contributed by atoms with E-state index in [4.69, 9.17) is 14.2 Å². The van der Waals surface area contributed by atoms with Gasteiger partial charge in [-0.3, -0.25) is 4.79 Å². The summed E-state index contributed by atoms with van der Waals surface area (Å²) in [6.45, 7) is 23.7. The van der Waals surface area contributed by atoms with Gasteiger partial charge in [-0.1, -0.05) is 86.8 Å². The minimum absolute atomic E-state index is 0.0189. The van der Waals surface area contributed by atoms with Crippen LogP contribution in [0.5, 0.6) is 5.75 Å². The fourth-order valence-electron chi connectivity index (χ4n) is 6.44. The van der Waals surface area contributed by atoms with Crippen molar-refractivity contribution in [3.05, 3.63) is 29.8 Å². The Hall–Kier alpha value is -2.12. The summed E-state index contributed by atoms with van der Waals surface area (Å²) >= 11 is 0. The van der Waals surface area contributed by atoms with E-state index in [9.17, 15) is 14.7 Å². The Morgan fingerprint density at radius 1 is 0.911 bits per heavy atom. The summed E-state index contributed by atoms with van der Waals surface area (Å²) < 4.78 is 17.6. The number of phenols is 1. The van der Waals surface area contributed by atoms with Crippen LogP contribution in [0.1, 0.15) is 139 Å². The second-order valence-corrected chi connectivity index (χ2v) is 16.4. The molecule has 0 radical (unpaired) electrons. The molecule has 1 fully saturated rings. The molecular weight excluding hydrogens is 566 g/mol. The first-order valence-corrected chi connectivity index (χ1v) is 17.4. The average Bonchev–Trinajstić information content (AvgIpc) is 2.93.